The minimum Gasteiger partial charge on any atom is -0.480 e. The first kappa shape index (κ1) is 13.7. The van der Waals surface area contributed by atoms with Crippen LogP contribution in [0.15, 0.2) is 30.5 Å². The molecule has 3 N–H and O–H groups in total. The molecule has 0 saturated heterocycles. The Labute approximate surface area is 116 Å². The SMILES string of the molecule is CC#CC(=O)NC(Cc1c[nH]c2ccccc12)C(=O)O. The number of aromatic nitrogens is 1. The monoisotopic (exact) mass is 270 g/mol. The summed E-state index contributed by atoms with van der Waals surface area (Å²) in [7, 11) is 0. The molecule has 0 fully saturated rings. The largest absolute Gasteiger partial charge is 0.480 e. The molecule has 5 nitrogen and oxygen atoms in total. The van der Waals surface area contributed by atoms with Crippen LogP contribution < -0.4 is 5.32 Å². The quantitative estimate of drug-likeness (QED) is 0.732. The van der Waals surface area contributed by atoms with Crippen LogP contribution in [0.1, 0.15) is 12.5 Å². The number of H-pyrrole nitrogens is 1. The predicted molar refractivity (Wildman–Crippen MR) is 75.0 cm³/mol. The number of rotatable bonds is 4. The first-order valence-corrected chi connectivity index (χ1v) is 6.13. The van der Waals surface area contributed by atoms with Crippen molar-refractivity contribution in [3.05, 3.63) is 36.0 Å². The van der Waals surface area contributed by atoms with Gasteiger partial charge in [0.05, 0.1) is 0 Å². The van der Waals surface area contributed by atoms with Crippen LogP contribution in [-0.4, -0.2) is 28.0 Å². The van der Waals surface area contributed by atoms with Crippen LogP contribution in [0, 0.1) is 11.8 Å². The van der Waals surface area contributed by atoms with Crippen LogP contribution >= 0.6 is 0 Å². The maximum absolute atomic E-state index is 11.4. The summed E-state index contributed by atoms with van der Waals surface area (Å²) in [5, 5.41) is 12.5. The number of aromatic amines is 1. The lowest BCUT2D eigenvalue weighted by molar-refractivity contribution is -0.141. The minimum atomic E-state index is -1.08. The van der Waals surface area contributed by atoms with Crippen molar-refractivity contribution < 1.29 is 14.7 Å². The number of nitrogens with one attached hydrogen (secondary N) is 2. The van der Waals surface area contributed by atoms with E-state index in [1.807, 2.05) is 24.3 Å². The lowest BCUT2D eigenvalue weighted by atomic mass is 10.1. The van der Waals surface area contributed by atoms with Gasteiger partial charge in [-0.1, -0.05) is 24.1 Å². The van der Waals surface area contributed by atoms with E-state index in [0.717, 1.165) is 16.5 Å². The molecule has 0 radical (unpaired) electrons. The number of hydrogen-bond acceptors (Lipinski definition) is 2. The Morgan fingerprint density at radius 1 is 1.40 bits per heavy atom. The van der Waals surface area contributed by atoms with Gasteiger partial charge in [-0.15, -0.1) is 0 Å². The number of amides is 1. The fourth-order valence-electron chi connectivity index (χ4n) is 2.03. The molecule has 0 aliphatic rings. The third-order valence-corrected chi connectivity index (χ3v) is 2.94. The molecule has 2 rings (SSSR count). The van der Waals surface area contributed by atoms with Crippen molar-refractivity contribution in [3.8, 4) is 11.8 Å². The van der Waals surface area contributed by atoms with Crippen molar-refractivity contribution in [2.45, 2.75) is 19.4 Å². The number of para-hydroxylation sites is 1. The summed E-state index contributed by atoms with van der Waals surface area (Å²) in [4.78, 5) is 25.7. The van der Waals surface area contributed by atoms with E-state index in [-0.39, 0.29) is 6.42 Å². The van der Waals surface area contributed by atoms with E-state index in [1.165, 1.54) is 6.92 Å². The molecule has 102 valence electrons. The highest BCUT2D eigenvalue weighted by atomic mass is 16.4. The molecule has 1 aromatic carbocycles. The second-order valence-electron chi connectivity index (χ2n) is 4.30. The Hall–Kier alpha value is -2.74. The summed E-state index contributed by atoms with van der Waals surface area (Å²) in [5.41, 5.74) is 1.78. The van der Waals surface area contributed by atoms with Crippen molar-refractivity contribution >= 4 is 22.8 Å². The average Bonchev–Trinajstić information content (AvgIpc) is 2.82. The number of carboxylic acids is 1. The minimum absolute atomic E-state index is 0.205. The summed E-state index contributed by atoms with van der Waals surface area (Å²) in [5.74, 6) is 3.05. The molecule has 0 saturated carbocycles. The van der Waals surface area contributed by atoms with Gasteiger partial charge >= 0.3 is 5.97 Å². The van der Waals surface area contributed by atoms with E-state index in [4.69, 9.17) is 0 Å². The van der Waals surface area contributed by atoms with Crippen molar-refractivity contribution in [1.29, 1.82) is 0 Å². The normalized spacial score (nSPS) is 11.4. The number of carbonyl (C=O) groups is 2. The Balaban J connectivity index is 2.21. The third kappa shape index (κ3) is 2.98. The lowest BCUT2D eigenvalue weighted by Crippen LogP contribution is -2.41. The van der Waals surface area contributed by atoms with Crippen molar-refractivity contribution in [1.82, 2.24) is 10.3 Å². The van der Waals surface area contributed by atoms with E-state index >= 15 is 0 Å². The summed E-state index contributed by atoms with van der Waals surface area (Å²) < 4.78 is 0. The van der Waals surface area contributed by atoms with Crippen molar-refractivity contribution in [3.63, 3.8) is 0 Å². The second kappa shape index (κ2) is 5.93. The van der Waals surface area contributed by atoms with Gasteiger partial charge < -0.3 is 15.4 Å². The molecule has 1 amide bonds. The van der Waals surface area contributed by atoms with Gasteiger partial charge in [-0.05, 0) is 24.5 Å². The molecule has 1 heterocycles. The van der Waals surface area contributed by atoms with Gasteiger partial charge in [-0.2, -0.15) is 0 Å². The van der Waals surface area contributed by atoms with Crippen LogP contribution in [0.3, 0.4) is 0 Å². The maximum atomic E-state index is 11.4. The highest BCUT2D eigenvalue weighted by molar-refractivity contribution is 5.96. The molecule has 1 unspecified atom stereocenters. The summed E-state index contributed by atoms with van der Waals surface area (Å²) in [6.07, 6.45) is 1.97. The van der Waals surface area contributed by atoms with E-state index in [1.54, 1.807) is 6.20 Å². The van der Waals surface area contributed by atoms with Gasteiger partial charge in [0.2, 0.25) is 0 Å². The first-order chi connectivity index (χ1) is 9.61. The molecule has 0 bridgehead atoms. The van der Waals surface area contributed by atoms with Gasteiger partial charge in [-0.25, -0.2) is 4.79 Å². The predicted octanol–water partition coefficient (Wildman–Crippen LogP) is 1.30. The number of carboxylic acid groups (broad SMARTS) is 1. The van der Waals surface area contributed by atoms with Crippen molar-refractivity contribution in [2.24, 2.45) is 0 Å². The number of fused-ring (bicyclic) bond motifs is 1. The van der Waals surface area contributed by atoms with Crippen LogP contribution in [0.2, 0.25) is 0 Å². The van der Waals surface area contributed by atoms with Gasteiger partial charge in [-0.3, -0.25) is 4.79 Å². The molecule has 0 aliphatic carbocycles. The van der Waals surface area contributed by atoms with Gasteiger partial charge in [0.1, 0.15) is 6.04 Å². The lowest BCUT2D eigenvalue weighted by Gasteiger charge is -2.12. The third-order valence-electron chi connectivity index (χ3n) is 2.94. The molecular weight excluding hydrogens is 256 g/mol. The zero-order valence-corrected chi connectivity index (χ0v) is 10.9. The smallest absolute Gasteiger partial charge is 0.326 e. The van der Waals surface area contributed by atoms with E-state index in [2.05, 4.69) is 22.1 Å². The molecule has 0 aliphatic heterocycles. The number of carbonyl (C=O) groups excluding carboxylic acids is 1. The fraction of sp³-hybridized carbons (Fsp3) is 0.200. The Bertz CT molecular complexity index is 706. The Morgan fingerprint density at radius 3 is 2.85 bits per heavy atom. The molecule has 1 aromatic heterocycles. The standard InChI is InChI=1S/C15H14N2O3/c1-2-5-14(18)17-13(15(19)20)8-10-9-16-12-7-4-3-6-11(10)12/h3-4,6-7,9,13,16H,8H2,1H3,(H,17,18)(H,19,20). The van der Waals surface area contributed by atoms with Crippen LogP contribution in [0.25, 0.3) is 10.9 Å². The van der Waals surface area contributed by atoms with Gasteiger partial charge in [0, 0.05) is 23.5 Å². The Morgan fingerprint density at radius 2 is 2.15 bits per heavy atom. The van der Waals surface area contributed by atoms with E-state index in [9.17, 15) is 14.7 Å². The zero-order valence-electron chi connectivity index (χ0n) is 10.9. The van der Waals surface area contributed by atoms with E-state index in [0.29, 0.717) is 0 Å². The molecular formula is C15H14N2O3. The van der Waals surface area contributed by atoms with Gasteiger partial charge in [0.25, 0.3) is 5.91 Å². The van der Waals surface area contributed by atoms with E-state index < -0.39 is 17.9 Å². The summed E-state index contributed by atoms with van der Waals surface area (Å²) in [6, 6.07) is 6.61. The highest BCUT2D eigenvalue weighted by Crippen LogP contribution is 2.19. The zero-order chi connectivity index (χ0) is 14.5. The molecule has 0 spiro atoms. The topological polar surface area (TPSA) is 82.2 Å². The molecule has 1 atom stereocenters. The Kier molecular flexibility index (Phi) is 4.06. The summed E-state index contributed by atoms with van der Waals surface area (Å²) >= 11 is 0. The van der Waals surface area contributed by atoms with Crippen molar-refractivity contribution in [2.75, 3.05) is 0 Å². The fourth-order valence-corrected chi connectivity index (χ4v) is 2.03. The molecule has 5 heteroatoms. The van der Waals surface area contributed by atoms with Crippen LogP contribution in [0.4, 0.5) is 0 Å². The summed E-state index contributed by atoms with van der Waals surface area (Å²) in [6.45, 7) is 1.52. The van der Waals surface area contributed by atoms with Crippen LogP contribution in [-0.2, 0) is 16.0 Å². The molecule has 20 heavy (non-hydrogen) atoms. The van der Waals surface area contributed by atoms with Crippen LogP contribution in [0.5, 0.6) is 0 Å². The van der Waals surface area contributed by atoms with Gasteiger partial charge in [0.15, 0.2) is 0 Å². The number of benzene rings is 1. The molecule has 2 aromatic rings. The maximum Gasteiger partial charge on any atom is 0.326 e. The first-order valence-electron chi connectivity index (χ1n) is 6.13. The average molecular weight is 270 g/mol. The number of aliphatic carboxylic acids is 1. The highest BCUT2D eigenvalue weighted by Gasteiger charge is 2.21. The number of hydrogen-bond donors (Lipinski definition) is 3. The second-order valence-corrected chi connectivity index (χ2v) is 4.30.